The number of benzene rings is 1. The van der Waals surface area contributed by atoms with Gasteiger partial charge in [0.05, 0.1) is 36.7 Å². The third-order valence-electron chi connectivity index (χ3n) is 8.59. The first-order chi connectivity index (χ1) is 21.3. The van der Waals surface area contributed by atoms with Crippen molar-refractivity contribution >= 4 is 35.5 Å². The highest BCUT2D eigenvalue weighted by Crippen LogP contribution is 2.43. The van der Waals surface area contributed by atoms with Crippen LogP contribution in [0.25, 0.3) is 0 Å². The predicted molar refractivity (Wildman–Crippen MR) is 159 cm³/mol. The standard InChI is InChI=1S/C30H35F3N6O5S/c1-5-44-27(41)22-20(35-25(26-34-10-12-45-26)36-23(22)18-7-6-8-19(31)17(18)2)13-37-15-30(32,33)24-21(37)14-38(16-40)39(24)11-9-29(3,4)28(42)43/h6-8,10,12,16,21,23-24H,5,9,11,13-15H2,1-4H3,(H,35,36)(H,42,43). The maximum atomic E-state index is 15.8. The van der Waals surface area contributed by atoms with Crippen molar-refractivity contribution in [2.75, 3.05) is 32.8 Å². The van der Waals surface area contributed by atoms with Crippen LogP contribution >= 0.6 is 11.3 Å². The predicted octanol–water partition coefficient (Wildman–Crippen LogP) is 3.38. The van der Waals surface area contributed by atoms with Gasteiger partial charge in [-0.1, -0.05) is 12.1 Å². The number of carbonyl (C=O) groups excluding carboxylic acids is 2. The zero-order valence-corrected chi connectivity index (χ0v) is 26.1. The lowest BCUT2D eigenvalue weighted by atomic mass is 9.89. The molecule has 1 aromatic carbocycles. The number of alkyl halides is 2. The highest BCUT2D eigenvalue weighted by atomic mass is 32.1. The number of carboxylic acids is 1. The van der Waals surface area contributed by atoms with Crippen LogP contribution in [0.4, 0.5) is 13.2 Å². The number of nitrogens with zero attached hydrogens (tertiary/aromatic N) is 5. The van der Waals surface area contributed by atoms with Crippen molar-refractivity contribution in [2.45, 2.75) is 58.2 Å². The third kappa shape index (κ3) is 6.20. The second kappa shape index (κ2) is 12.5. The smallest absolute Gasteiger partial charge is 0.338 e. The number of aromatic nitrogens is 1. The monoisotopic (exact) mass is 648 g/mol. The van der Waals surface area contributed by atoms with E-state index in [1.165, 1.54) is 52.2 Å². The van der Waals surface area contributed by atoms with E-state index < -0.39 is 53.8 Å². The van der Waals surface area contributed by atoms with E-state index in [0.29, 0.717) is 22.8 Å². The number of amidine groups is 1. The van der Waals surface area contributed by atoms with Gasteiger partial charge in [-0.3, -0.25) is 24.5 Å². The normalized spacial score (nSPS) is 23.5. The van der Waals surface area contributed by atoms with Gasteiger partial charge in [-0.15, -0.1) is 11.3 Å². The number of hydrogen-bond acceptors (Lipinski definition) is 10. The number of ether oxygens (including phenoxy) is 1. The highest BCUT2D eigenvalue weighted by molar-refractivity contribution is 7.11. The number of nitrogens with one attached hydrogen (secondary N) is 1. The van der Waals surface area contributed by atoms with Gasteiger partial charge in [-0.05, 0) is 51.3 Å². The summed E-state index contributed by atoms with van der Waals surface area (Å²) >= 11 is 1.28. The Morgan fingerprint density at radius 3 is 2.71 bits per heavy atom. The number of aliphatic carboxylic acids is 1. The lowest BCUT2D eigenvalue weighted by molar-refractivity contribution is -0.151. The van der Waals surface area contributed by atoms with Gasteiger partial charge in [0.25, 0.3) is 5.92 Å². The summed E-state index contributed by atoms with van der Waals surface area (Å²) in [4.78, 5) is 47.8. The van der Waals surface area contributed by atoms with E-state index in [4.69, 9.17) is 9.73 Å². The van der Waals surface area contributed by atoms with Crippen LogP contribution in [0.1, 0.15) is 49.4 Å². The van der Waals surface area contributed by atoms with E-state index in [1.807, 2.05) is 0 Å². The van der Waals surface area contributed by atoms with Gasteiger partial charge < -0.3 is 15.2 Å². The van der Waals surface area contributed by atoms with E-state index in [2.05, 4.69) is 10.3 Å². The summed E-state index contributed by atoms with van der Waals surface area (Å²) in [5, 5.41) is 17.3. The van der Waals surface area contributed by atoms with Crippen LogP contribution in [0.3, 0.4) is 0 Å². The molecule has 2 N–H and O–H groups in total. The number of rotatable bonds is 11. The number of likely N-dealkylation sites (tertiary alicyclic amines) is 1. The second-order valence-corrected chi connectivity index (χ2v) is 12.8. The first kappa shape index (κ1) is 32.6. The number of carboxylic acid groups (broad SMARTS) is 1. The second-order valence-electron chi connectivity index (χ2n) is 11.9. The molecule has 0 aliphatic carbocycles. The first-order valence-electron chi connectivity index (χ1n) is 14.5. The summed E-state index contributed by atoms with van der Waals surface area (Å²) in [6.07, 6.45) is 2.09. The zero-order chi connectivity index (χ0) is 32.7. The van der Waals surface area contributed by atoms with Crippen LogP contribution in [-0.4, -0.2) is 100.0 Å². The van der Waals surface area contributed by atoms with Crippen molar-refractivity contribution in [3.63, 3.8) is 0 Å². The minimum Gasteiger partial charge on any atom is -0.481 e. The number of fused-ring (bicyclic) bond motifs is 1. The van der Waals surface area contributed by atoms with Crippen molar-refractivity contribution in [1.29, 1.82) is 0 Å². The van der Waals surface area contributed by atoms with Gasteiger partial charge in [-0.25, -0.2) is 28.0 Å². The maximum Gasteiger partial charge on any atom is 0.338 e. The number of esters is 1. The minimum absolute atomic E-state index is 0.0357. The van der Waals surface area contributed by atoms with Crippen molar-refractivity contribution < 1.29 is 37.4 Å². The largest absolute Gasteiger partial charge is 0.481 e. The van der Waals surface area contributed by atoms with E-state index in [0.717, 1.165) is 0 Å². The Kier molecular flexibility index (Phi) is 9.06. The molecule has 45 heavy (non-hydrogen) atoms. The zero-order valence-electron chi connectivity index (χ0n) is 25.3. The van der Waals surface area contributed by atoms with E-state index in [-0.39, 0.29) is 49.5 Å². The third-order valence-corrected chi connectivity index (χ3v) is 9.37. The number of hydrogen-bond donors (Lipinski definition) is 2. The summed E-state index contributed by atoms with van der Waals surface area (Å²) in [5.41, 5.74) is -0.194. The van der Waals surface area contributed by atoms with E-state index in [9.17, 15) is 23.9 Å². The number of thiazole rings is 1. The van der Waals surface area contributed by atoms with Gasteiger partial charge in [0.15, 0.2) is 10.8 Å². The molecular weight excluding hydrogens is 613 g/mol. The van der Waals surface area contributed by atoms with Gasteiger partial charge in [0.1, 0.15) is 17.9 Å². The van der Waals surface area contributed by atoms with Crippen LogP contribution in [0.5, 0.6) is 0 Å². The van der Waals surface area contributed by atoms with Crippen molar-refractivity contribution in [2.24, 2.45) is 10.4 Å². The Balaban J connectivity index is 1.54. The molecule has 1 aromatic heterocycles. The molecule has 3 atom stereocenters. The average molecular weight is 649 g/mol. The lowest BCUT2D eigenvalue weighted by Gasteiger charge is -2.33. The Morgan fingerprint density at radius 2 is 2.07 bits per heavy atom. The quantitative estimate of drug-likeness (QED) is 0.279. The van der Waals surface area contributed by atoms with E-state index >= 15 is 8.78 Å². The molecular formula is C30H35F3N6O5S. The van der Waals surface area contributed by atoms with Crippen LogP contribution in [-0.2, 0) is 19.1 Å². The maximum absolute atomic E-state index is 15.8. The average Bonchev–Trinajstić information content (AvgIpc) is 3.70. The van der Waals surface area contributed by atoms with Gasteiger partial charge in [0.2, 0.25) is 6.41 Å². The molecule has 3 aliphatic heterocycles. The molecule has 11 nitrogen and oxygen atoms in total. The molecule has 0 saturated carbocycles. The Labute approximate surface area is 262 Å². The molecule has 2 saturated heterocycles. The van der Waals surface area contributed by atoms with Gasteiger partial charge >= 0.3 is 11.9 Å². The number of carbonyl (C=O) groups is 3. The molecule has 1 amide bonds. The Morgan fingerprint density at radius 1 is 1.31 bits per heavy atom. The molecule has 0 radical (unpaired) electrons. The Hall–Kier alpha value is -3.82. The van der Waals surface area contributed by atoms with Gasteiger partial charge in [0, 0.05) is 30.4 Å². The topological polar surface area (TPSA) is 128 Å². The summed E-state index contributed by atoms with van der Waals surface area (Å²) < 4.78 is 51.8. The fourth-order valence-corrected chi connectivity index (χ4v) is 6.65. The minimum atomic E-state index is -3.28. The molecule has 242 valence electrons. The molecule has 3 unspecified atom stereocenters. The summed E-state index contributed by atoms with van der Waals surface area (Å²) in [7, 11) is 0. The highest BCUT2D eigenvalue weighted by Gasteiger charge is 2.62. The van der Waals surface area contributed by atoms with Crippen LogP contribution in [0, 0.1) is 18.2 Å². The van der Waals surface area contributed by atoms with E-state index in [1.54, 1.807) is 31.5 Å². The van der Waals surface area contributed by atoms with Crippen molar-refractivity contribution in [1.82, 2.24) is 25.2 Å². The molecule has 0 bridgehead atoms. The van der Waals surface area contributed by atoms with Crippen LogP contribution in [0.15, 0.2) is 46.0 Å². The number of halogens is 3. The van der Waals surface area contributed by atoms with Crippen molar-refractivity contribution in [3.8, 4) is 0 Å². The molecule has 2 aromatic rings. The molecule has 3 aliphatic rings. The molecule has 4 heterocycles. The summed E-state index contributed by atoms with van der Waals surface area (Å²) in [5.74, 6) is -5.27. The lowest BCUT2D eigenvalue weighted by Crippen LogP contribution is -2.50. The van der Waals surface area contributed by atoms with Crippen molar-refractivity contribution in [3.05, 3.63) is 63.0 Å². The molecule has 2 fully saturated rings. The number of aliphatic imine (C=N–C) groups is 1. The fraction of sp³-hybridized carbons (Fsp3) is 0.500. The van der Waals surface area contributed by atoms with Crippen LogP contribution < -0.4 is 5.32 Å². The molecule has 5 rings (SSSR count). The summed E-state index contributed by atoms with van der Waals surface area (Å²) in [6, 6.07) is 1.21. The number of amides is 1. The fourth-order valence-electron chi connectivity index (χ4n) is 6.06. The SMILES string of the molecule is CCOC(=O)C1=C(CN2CC(F)(F)C3C2CN(C=O)N3CCC(C)(C)C(=O)O)NC(c2nccs2)=NC1c1cccc(F)c1C. The van der Waals surface area contributed by atoms with Crippen LogP contribution in [0.2, 0.25) is 0 Å². The number of hydrazine groups is 1. The Bertz CT molecular complexity index is 1530. The summed E-state index contributed by atoms with van der Waals surface area (Å²) in [6.45, 7) is 5.29. The molecule has 15 heteroatoms. The van der Waals surface area contributed by atoms with Gasteiger partial charge in [-0.2, -0.15) is 0 Å². The molecule has 0 spiro atoms. The first-order valence-corrected chi connectivity index (χ1v) is 15.4.